The van der Waals surface area contributed by atoms with E-state index >= 15 is 0 Å². The van der Waals surface area contributed by atoms with Crippen LogP contribution >= 0.6 is 0 Å². The normalized spacial score (nSPS) is 14.2. The Labute approximate surface area is 156 Å². The molecular weight excluding hydrogens is 322 g/mol. The van der Waals surface area contributed by atoms with Crippen molar-refractivity contribution in [3.05, 3.63) is 47.2 Å². The topological polar surface area (TPSA) is 62.7 Å². The Morgan fingerprint density at radius 2 is 2.08 bits per heavy atom. The van der Waals surface area contributed by atoms with Gasteiger partial charge in [0.1, 0.15) is 0 Å². The van der Waals surface area contributed by atoms with E-state index in [0.717, 1.165) is 24.5 Å². The molecule has 0 atom stereocenters. The Kier molecular flexibility index (Phi) is 6.21. The highest BCUT2D eigenvalue weighted by Gasteiger charge is 2.11. The van der Waals surface area contributed by atoms with E-state index < -0.39 is 0 Å². The molecule has 0 saturated carbocycles. The summed E-state index contributed by atoms with van der Waals surface area (Å²) >= 11 is 0. The van der Waals surface area contributed by atoms with Crippen LogP contribution in [0.25, 0.3) is 0 Å². The highest BCUT2D eigenvalue weighted by atomic mass is 15.3. The van der Waals surface area contributed by atoms with Gasteiger partial charge in [-0.1, -0.05) is 43.7 Å². The third kappa shape index (κ3) is 4.81. The van der Waals surface area contributed by atoms with Crippen molar-refractivity contribution >= 4 is 17.5 Å². The number of nitrogens with zero attached hydrogens (tertiary/aromatic N) is 3. The van der Waals surface area contributed by atoms with Gasteiger partial charge >= 0.3 is 0 Å². The van der Waals surface area contributed by atoms with Crippen LogP contribution in [0.1, 0.15) is 63.0 Å². The predicted octanol–water partition coefficient (Wildman–Crippen LogP) is 5.35. The van der Waals surface area contributed by atoms with Crippen molar-refractivity contribution in [3.63, 3.8) is 0 Å². The molecule has 3 rings (SSSR count). The minimum absolute atomic E-state index is 0.426. The van der Waals surface area contributed by atoms with Gasteiger partial charge in [0.2, 0.25) is 5.95 Å². The molecule has 1 aliphatic carbocycles. The predicted molar refractivity (Wildman–Crippen MR) is 108 cm³/mol. The first-order chi connectivity index (χ1) is 12.6. The van der Waals surface area contributed by atoms with Crippen molar-refractivity contribution in [2.75, 3.05) is 17.2 Å². The zero-order valence-electron chi connectivity index (χ0n) is 16.0. The van der Waals surface area contributed by atoms with Crippen LogP contribution in [-0.2, 0) is 0 Å². The summed E-state index contributed by atoms with van der Waals surface area (Å²) in [6.45, 7) is 7.36. The average molecular weight is 351 g/mol. The first-order valence-corrected chi connectivity index (χ1v) is 9.61. The molecule has 0 bridgehead atoms. The molecule has 2 aromatic rings. The summed E-state index contributed by atoms with van der Waals surface area (Å²) in [4.78, 5) is 4.58. The molecule has 1 aliphatic rings. The quantitative estimate of drug-likeness (QED) is 0.658. The lowest BCUT2D eigenvalue weighted by molar-refractivity contribution is 0.679. The van der Waals surface area contributed by atoms with Gasteiger partial charge in [-0.3, -0.25) is 0 Å². The third-order valence-corrected chi connectivity index (χ3v) is 4.86. The zero-order chi connectivity index (χ0) is 18.4. The van der Waals surface area contributed by atoms with E-state index in [0.29, 0.717) is 11.9 Å². The fourth-order valence-corrected chi connectivity index (χ4v) is 3.38. The molecule has 0 fully saturated rings. The van der Waals surface area contributed by atoms with Gasteiger partial charge < -0.3 is 10.6 Å². The number of rotatable bonds is 7. The van der Waals surface area contributed by atoms with E-state index in [1.165, 1.54) is 36.8 Å². The molecule has 2 N–H and O–H groups in total. The highest BCUT2D eigenvalue weighted by molar-refractivity contribution is 5.64. The van der Waals surface area contributed by atoms with Crippen molar-refractivity contribution in [3.8, 4) is 0 Å². The van der Waals surface area contributed by atoms with Gasteiger partial charge in [0, 0.05) is 12.2 Å². The Bertz CT molecular complexity index is 767. The summed E-state index contributed by atoms with van der Waals surface area (Å²) in [5.74, 6) is 1.72. The number of hydrogen-bond donors (Lipinski definition) is 2. The average Bonchev–Trinajstić information content (AvgIpc) is 2.64. The second kappa shape index (κ2) is 8.79. The number of nitrogens with one attached hydrogen (secondary N) is 2. The standard InChI is InChI=1S/C21H29N5/c1-15(2)18-11-7-8-16(3)20(18)25-21-24-19(14-23-26-21)22-13-12-17-9-5-4-6-10-17/h7-9,11,14-15H,4-6,10,12-13H2,1-3H3,(H2,22,24,25,26). The van der Waals surface area contributed by atoms with E-state index in [9.17, 15) is 0 Å². The molecule has 0 saturated heterocycles. The summed E-state index contributed by atoms with van der Waals surface area (Å²) in [5.41, 5.74) is 5.08. The van der Waals surface area contributed by atoms with Crippen LogP contribution in [0.2, 0.25) is 0 Å². The van der Waals surface area contributed by atoms with E-state index in [-0.39, 0.29) is 0 Å². The molecule has 0 unspecified atom stereocenters. The molecule has 1 heterocycles. The van der Waals surface area contributed by atoms with Crippen molar-refractivity contribution in [1.82, 2.24) is 15.2 Å². The van der Waals surface area contributed by atoms with Crippen LogP contribution in [-0.4, -0.2) is 21.7 Å². The summed E-state index contributed by atoms with van der Waals surface area (Å²) in [6.07, 6.45) is 10.3. The van der Waals surface area contributed by atoms with Gasteiger partial charge in [0.15, 0.2) is 5.82 Å². The van der Waals surface area contributed by atoms with Gasteiger partial charge in [0.05, 0.1) is 6.20 Å². The fourth-order valence-electron chi connectivity index (χ4n) is 3.38. The van der Waals surface area contributed by atoms with E-state index in [2.05, 4.69) is 70.9 Å². The first kappa shape index (κ1) is 18.4. The van der Waals surface area contributed by atoms with E-state index in [1.807, 2.05) is 0 Å². The second-order valence-electron chi connectivity index (χ2n) is 7.27. The van der Waals surface area contributed by atoms with Crippen molar-refractivity contribution in [2.45, 2.75) is 58.8 Å². The Morgan fingerprint density at radius 1 is 1.19 bits per heavy atom. The van der Waals surface area contributed by atoms with Gasteiger partial charge in [-0.15, -0.1) is 5.10 Å². The molecule has 0 amide bonds. The molecule has 26 heavy (non-hydrogen) atoms. The number of aryl methyl sites for hydroxylation is 1. The number of para-hydroxylation sites is 1. The minimum Gasteiger partial charge on any atom is -0.368 e. The number of allylic oxidation sites excluding steroid dienone is 1. The second-order valence-corrected chi connectivity index (χ2v) is 7.27. The number of benzene rings is 1. The molecule has 0 spiro atoms. The lowest BCUT2D eigenvalue weighted by Crippen LogP contribution is -2.09. The first-order valence-electron chi connectivity index (χ1n) is 9.61. The monoisotopic (exact) mass is 351 g/mol. The molecule has 5 nitrogen and oxygen atoms in total. The summed E-state index contributed by atoms with van der Waals surface area (Å²) in [5, 5.41) is 15.0. The molecular formula is C21H29N5. The van der Waals surface area contributed by atoms with E-state index in [1.54, 1.807) is 11.8 Å². The van der Waals surface area contributed by atoms with Crippen LogP contribution in [0.4, 0.5) is 17.5 Å². The Balaban J connectivity index is 1.65. The van der Waals surface area contributed by atoms with Gasteiger partial charge in [-0.2, -0.15) is 10.1 Å². The molecule has 1 aromatic carbocycles. The van der Waals surface area contributed by atoms with Crippen molar-refractivity contribution in [2.24, 2.45) is 0 Å². The molecule has 1 aromatic heterocycles. The summed E-state index contributed by atoms with van der Waals surface area (Å²) in [6, 6.07) is 6.34. The smallest absolute Gasteiger partial charge is 0.249 e. The van der Waals surface area contributed by atoms with Gasteiger partial charge in [-0.05, 0) is 56.1 Å². The van der Waals surface area contributed by atoms with Crippen molar-refractivity contribution < 1.29 is 0 Å². The number of hydrogen-bond acceptors (Lipinski definition) is 5. The molecule has 138 valence electrons. The summed E-state index contributed by atoms with van der Waals surface area (Å²) < 4.78 is 0. The SMILES string of the molecule is Cc1cccc(C(C)C)c1Nc1nncc(NCCC2=CCCCC2)n1. The highest BCUT2D eigenvalue weighted by Crippen LogP contribution is 2.29. The van der Waals surface area contributed by atoms with E-state index in [4.69, 9.17) is 0 Å². The van der Waals surface area contributed by atoms with Crippen LogP contribution in [0, 0.1) is 6.92 Å². The Morgan fingerprint density at radius 3 is 2.85 bits per heavy atom. The van der Waals surface area contributed by atoms with Gasteiger partial charge in [-0.25, -0.2) is 0 Å². The largest absolute Gasteiger partial charge is 0.368 e. The maximum absolute atomic E-state index is 4.58. The molecule has 5 heteroatoms. The summed E-state index contributed by atoms with van der Waals surface area (Å²) in [7, 11) is 0. The lowest BCUT2D eigenvalue weighted by Gasteiger charge is -2.16. The minimum atomic E-state index is 0.426. The molecule has 0 aliphatic heterocycles. The maximum Gasteiger partial charge on any atom is 0.249 e. The van der Waals surface area contributed by atoms with Gasteiger partial charge in [0.25, 0.3) is 0 Å². The van der Waals surface area contributed by atoms with Crippen LogP contribution in [0.3, 0.4) is 0 Å². The third-order valence-electron chi connectivity index (χ3n) is 4.86. The van der Waals surface area contributed by atoms with Crippen molar-refractivity contribution in [1.29, 1.82) is 0 Å². The van der Waals surface area contributed by atoms with Crippen LogP contribution < -0.4 is 10.6 Å². The fraction of sp³-hybridized carbons (Fsp3) is 0.476. The van der Waals surface area contributed by atoms with Crippen LogP contribution in [0.5, 0.6) is 0 Å². The lowest BCUT2D eigenvalue weighted by atomic mass is 9.97. The maximum atomic E-state index is 4.58. The number of anilines is 3. The zero-order valence-corrected chi connectivity index (χ0v) is 16.0. The Hall–Kier alpha value is -2.43. The number of aromatic nitrogens is 3. The molecule has 0 radical (unpaired) electrons. The van der Waals surface area contributed by atoms with Crippen LogP contribution in [0.15, 0.2) is 36.0 Å².